The molecule has 0 saturated heterocycles. The zero-order chi connectivity index (χ0) is 4.95. The first-order valence-corrected chi connectivity index (χ1v) is 2.80. The van der Waals surface area contributed by atoms with Gasteiger partial charge in [-0.3, -0.25) is 0 Å². The Morgan fingerprint density at radius 2 is 1.00 bits per heavy atom. The van der Waals surface area contributed by atoms with Gasteiger partial charge in [0.25, 0.3) is 0 Å². The van der Waals surface area contributed by atoms with Crippen molar-refractivity contribution in [3.8, 4) is 0 Å². The van der Waals surface area contributed by atoms with Crippen molar-refractivity contribution in [1.82, 2.24) is 0 Å². The first kappa shape index (κ1) is 4.63. The Kier molecular flexibility index (Phi) is 1.73. The highest BCUT2D eigenvalue weighted by Crippen LogP contribution is 2.01. The van der Waals surface area contributed by atoms with Crippen LogP contribution in [0.4, 0.5) is 0 Å². The molecule has 0 amide bonds. The van der Waals surface area contributed by atoms with Gasteiger partial charge in [0.1, 0.15) is 0 Å². The molecule has 0 N–H and O–H groups in total. The fraction of sp³-hybridized carbons (Fsp3) is 0.429. The maximum absolute atomic E-state index is 2.18. The summed E-state index contributed by atoms with van der Waals surface area (Å²) in [5, 5.41) is 0. The number of allylic oxidation sites excluding steroid dienone is 4. The van der Waals surface area contributed by atoms with Crippen molar-refractivity contribution in [2.24, 2.45) is 0 Å². The molecule has 7 heavy (non-hydrogen) atoms. The van der Waals surface area contributed by atoms with Gasteiger partial charge >= 0.3 is 0 Å². The van der Waals surface area contributed by atoms with Crippen LogP contribution in [0.25, 0.3) is 0 Å². The highest BCUT2D eigenvalue weighted by atomic mass is 13.9. The van der Waals surface area contributed by atoms with Crippen molar-refractivity contribution >= 4 is 0 Å². The third kappa shape index (κ3) is 3.31. The van der Waals surface area contributed by atoms with Crippen molar-refractivity contribution in [3.05, 3.63) is 24.3 Å². The van der Waals surface area contributed by atoms with Crippen LogP contribution >= 0.6 is 0 Å². The minimum Gasteiger partial charge on any atom is -0.0882 e. The van der Waals surface area contributed by atoms with Crippen LogP contribution in [0.15, 0.2) is 24.3 Å². The molecule has 0 aromatic heterocycles. The van der Waals surface area contributed by atoms with Crippen LogP contribution in [-0.2, 0) is 0 Å². The maximum atomic E-state index is 2.18. The van der Waals surface area contributed by atoms with E-state index in [4.69, 9.17) is 0 Å². The lowest BCUT2D eigenvalue weighted by molar-refractivity contribution is 0.962. The highest BCUT2D eigenvalue weighted by Gasteiger charge is 1.81. The molecule has 0 bridgehead atoms. The van der Waals surface area contributed by atoms with Crippen molar-refractivity contribution < 1.29 is 0 Å². The summed E-state index contributed by atoms with van der Waals surface area (Å²) < 4.78 is 0. The molecule has 0 saturated carbocycles. The average molecular weight is 94.2 g/mol. The molecular weight excluding hydrogens is 84.1 g/mol. The maximum Gasteiger partial charge on any atom is -0.0169 e. The monoisotopic (exact) mass is 94.1 g/mol. The van der Waals surface area contributed by atoms with Gasteiger partial charge in [-0.15, -0.1) is 0 Å². The molecule has 2 rings (SSSR count). The van der Waals surface area contributed by atoms with Gasteiger partial charge in [0.2, 0.25) is 0 Å². The van der Waals surface area contributed by atoms with Crippen LogP contribution in [0.3, 0.4) is 0 Å². The SMILES string of the molecule is C1=CC1.C1=CCC1. The molecule has 0 aliphatic heterocycles. The molecule has 2 aliphatic carbocycles. The molecule has 0 heteroatoms. The van der Waals surface area contributed by atoms with Crippen molar-refractivity contribution in [2.45, 2.75) is 19.3 Å². The minimum atomic E-state index is 1.25. The average Bonchev–Trinajstić information content (AvgIpc) is 1.95. The predicted octanol–water partition coefficient (Wildman–Crippen LogP) is 2.28. The van der Waals surface area contributed by atoms with Gasteiger partial charge in [0, 0.05) is 0 Å². The van der Waals surface area contributed by atoms with Gasteiger partial charge in [-0.05, 0) is 19.3 Å². The number of hydrogen-bond acceptors (Lipinski definition) is 0. The van der Waals surface area contributed by atoms with E-state index in [1.807, 2.05) is 0 Å². The molecular formula is C7H10. The Hall–Kier alpha value is -0.520. The molecule has 38 valence electrons. The lowest BCUT2D eigenvalue weighted by Crippen LogP contribution is -1.71. The quantitative estimate of drug-likeness (QED) is 0.404. The topological polar surface area (TPSA) is 0 Å². The smallest absolute Gasteiger partial charge is 0.0169 e. The molecule has 0 heterocycles. The molecule has 0 aromatic carbocycles. The van der Waals surface area contributed by atoms with Crippen LogP contribution in [-0.4, -0.2) is 0 Å². The van der Waals surface area contributed by atoms with Crippen LogP contribution in [0.5, 0.6) is 0 Å². The van der Waals surface area contributed by atoms with Crippen molar-refractivity contribution in [2.75, 3.05) is 0 Å². The molecule has 0 aromatic rings. The lowest BCUT2D eigenvalue weighted by atomic mass is 10.1. The van der Waals surface area contributed by atoms with E-state index >= 15 is 0 Å². The van der Waals surface area contributed by atoms with Crippen LogP contribution in [0, 0.1) is 0 Å². The van der Waals surface area contributed by atoms with Crippen molar-refractivity contribution in [1.29, 1.82) is 0 Å². The largest absolute Gasteiger partial charge is 0.0882 e. The Morgan fingerprint density at radius 3 is 1.00 bits per heavy atom. The van der Waals surface area contributed by atoms with E-state index in [1.165, 1.54) is 19.3 Å². The Morgan fingerprint density at radius 1 is 0.714 bits per heavy atom. The molecule has 0 radical (unpaired) electrons. The fourth-order valence-electron chi connectivity index (χ4n) is 0.167. The van der Waals surface area contributed by atoms with Crippen LogP contribution < -0.4 is 0 Å². The molecule has 0 unspecified atom stereocenters. The second-order valence-electron chi connectivity index (χ2n) is 1.76. The molecule has 0 nitrogen and oxygen atoms in total. The van der Waals surface area contributed by atoms with Crippen LogP contribution in [0.1, 0.15) is 19.3 Å². The highest BCUT2D eigenvalue weighted by molar-refractivity contribution is 5.02. The second kappa shape index (κ2) is 2.62. The number of hydrogen-bond donors (Lipinski definition) is 0. The minimum absolute atomic E-state index is 1.25. The van der Waals surface area contributed by atoms with Gasteiger partial charge in [-0.2, -0.15) is 0 Å². The molecule has 0 fully saturated rings. The van der Waals surface area contributed by atoms with E-state index in [0.29, 0.717) is 0 Å². The van der Waals surface area contributed by atoms with Crippen molar-refractivity contribution in [3.63, 3.8) is 0 Å². The zero-order valence-electron chi connectivity index (χ0n) is 4.43. The van der Waals surface area contributed by atoms with Crippen LogP contribution in [0.2, 0.25) is 0 Å². The van der Waals surface area contributed by atoms with E-state index < -0.39 is 0 Å². The van der Waals surface area contributed by atoms with E-state index in [1.54, 1.807) is 0 Å². The van der Waals surface area contributed by atoms with E-state index in [2.05, 4.69) is 24.3 Å². The van der Waals surface area contributed by atoms with E-state index in [9.17, 15) is 0 Å². The summed E-state index contributed by atoms with van der Waals surface area (Å²) in [6.45, 7) is 0. The standard InChI is InChI=1S/C4H6.C3H4/c1-2-4-3-1;1-2-3-1/h1-2H,3-4H2;1-2H,3H2. The summed E-state index contributed by atoms with van der Waals surface area (Å²) in [6.07, 6.45) is 12.5. The fourth-order valence-corrected chi connectivity index (χ4v) is 0.167. The van der Waals surface area contributed by atoms with Gasteiger partial charge in [-0.1, -0.05) is 24.3 Å². The zero-order valence-corrected chi connectivity index (χ0v) is 4.43. The predicted molar refractivity (Wildman–Crippen MR) is 32.1 cm³/mol. The van der Waals surface area contributed by atoms with Gasteiger partial charge in [0.05, 0.1) is 0 Å². The Balaban J connectivity index is 0.0000000729. The Labute approximate surface area is 44.5 Å². The summed E-state index contributed by atoms with van der Waals surface area (Å²) in [5.41, 5.74) is 0. The first-order chi connectivity index (χ1) is 3.50. The molecule has 0 atom stereocenters. The first-order valence-electron chi connectivity index (χ1n) is 2.80. The third-order valence-electron chi connectivity index (χ3n) is 0.902. The molecule has 2 aliphatic rings. The normalized spacial score (nSPS) is 19.4. The summed E-state index contributed by atoms with van der Waals surface area (Å²) in [4.78, 5) is 0. The Bertz CT molecular complexity index is 78.2. The summed E-state index contributed by atoms with van der Waals surface area (Å²) >= 11 is 0. The lowest BCUT2D eigenvalue weighted by Gasteiger charge is -1.92. The van der Waals surface area contributed by atoms with E-state index in [-0.39, 0.29) is 0 Å². The number of rotatable bonds is 0. The van der Waals surface area contributed by atoms with E-state index in [0.717, 1.165) is 0 Å². The third-order valence-corrected chi connectivity index (χ3v) is 0.902. The summed E-state index contributed by atoms with van der Waals surface area (Å²) in [5.74, 6) is 0. The van der Waals surface area contributed by atoms with Gasteiger partial charge < -0.3 is 0 Å². The summed E-state index contributed by atoms with van der Waals surface area (Å²) in [7, 11) is 0. The second-order valence-corrected chi connectivity index (χ2v) is 1.76. The molecule has 0 spiro atoms. The van der Waals surface area contributed by atoms with Gasteiger partial charge in [-0.25, -0.2) is 0 Å². The summed E-state index contributed by atoms with van der Waals surface area (Å²) in [6, 6.07) is 0. The van der Waals surface area contributed by atoms with Gasteiger partial charge in [0.15, 0.2) is 0 Å².